The van der Waals surface area contributed by atoms with Gasteiger partial charge < -0.3 is 14.2 Å². The fraction of sp³-hybridized carbons (Fsp3) is 0.825. The predicted molar refractivity (Wildman–Crippen MR) is 298 cm³/mol. The third-order valence-corrected chi connectivity index (χ3v) is 13.3. The zero-order valence-electron chi connectivity index (χ0n) is 46.1. The first kappa shape index (κ1) is 66.4. The first-order valence-corrected chi connectivity index (χ1v) is 30.1. The van der Waals surface area contributed by atoms with Gasteiger partial charge in [0, 0.05) is 19.3 Å². The second-order valence-corrected chi connectivity index (χ2v) is 20.2. The quantitative estimate of drug-likeness (QED) is 0.0262. The van der Waals surface area contributed by atoms with Crippen molar-refractivity contribution in [3.8, 4) is 0 Å². The minimum atomic E-state index is -0.782. The van der Waals surface area contributed by atoms with Crippen LogP contribution in [0.1, 0.15) is 316 Å². The van der Waals surface area contributed by atoms with Gasteiger partial charge in [-0.1, -0.05) is 243 Å². The van der Waals surface area contributed by atoms with Gasteiger partial charge in [-0.25, -0.2) is 0 Å². The molecule has 0 aromatic rings. The van der Waals surface area contributed by atoms with Crippen molar-refractivity contribution < 1.29 is 28.6 Å². The van der Waals surface area contributed by atoms with E-state index in [1.54, 1.807) is 0 Å². The molecule has 6 nitrogen and oxygen atoms in total. The van der Waals surface area contributed by atoms with Crippen LogP contribution in [0.3, 0.4) is 0 Å². The Morgan fingerprint density at radius 2 is 0.522 bits per heavy atom. The molecule has 402 valence electrons. The van der Waals surface area contributed by atoms with E-state index >= 15 is 0 Å². The van der Waals surface area contributed by atoms with Crippen molar-refractivity contribution in [3.63, 3.8) is 0 Å². The van der Waals surface area contributed by atoms with Gasteiger partial charge in [0.1, 0.15) is 13.2 Å². The number of ether oxygens (including phenoxy) is 3. The molecule has 0 N–H and O–H groups in total. The summed E-state index contributed by atoms with van der Waals surface area (Å²) >= 11 is 0. The molecule has 0 aliphatic carbocycles. The third-order valence-electron chi connectivity index (χ3n) is 13.3. The standard InChI is InChI=1S/C63H114O6/c1-4-7-10-13-16-19-22-25-28-31-32-33-36-38-41-44-47-50-53-56-62(65)68-59-60(69-63(66)57-54-51-48-45-42-39-35-30-27-24-21-18-15-12-9-6-3)58-67-61(64)55-52-49-46-43-40-37-34-29-26-23-20-17-14-11-8-5-2/h16,19,25,28-30,34-35,60H,4-15,17-18,20-24,26-27,31-33,36-59H2,1-3H3/b19-16-,28-25-,34-29-,35-30-/t60-/m1/s1. The van der Waals surface area contributed by atoms with Crippen molar-refractivity contribution >= 4 is 17.9 Å². The lowest BCUT2D eigenvalue weighted by molar-refractivity contribution is -0.167. The summed E-state index contributed by atoms with van der Waals surface area (Å²) in [6, 6.07) is 0. The zero-order valence-corrected chi connectivity index (χ0v) is 46.1. The summed E-state index contributed by atoms with van der Waals surface area (Å²) in [6.07, 6.45) is 71.0. The highest BCUT2D eigenvalue weighted by molar-refractivity contribution is 5.71. The zero-order chi connectivity index (χ0) is 50.0. The lowest BCUT2D eigenvalue weighted by atomic mass is 10.1. The number of allylic oxidation sites excluding steroid dienone is 8. The van der Waals surface area contributed by atoms with E-state index in [1.165, 1.54) is 199 Å². The van der Waals surface area contributed by atoms with Gasteiger partial charge >= 0.3 is 17.9 Å². The number of hydrogen-bond donors (Lipinski definition) is 0. The average Bonchev–Trinajstić information content (AvgIpc) is 3.35. The second-order valence-electron chi connectivity index (χ2n) is 20.2. The molecule has 0 aliphatic heterocycles. The smallest absolute Gasteiger partial charge is 0.306 e. The molecule has 0 unspecified atom stereocenters. The van der Waals surface area contributed by atoms with Crippen LogP contribution in [0.5, 0.6) is 0 Å². The number of rotatable bonds is 55. The third kappa shape index (κ3) is 56.2. The predicted octanol–water partition coefficient (Wildman–Crippen LogP) is 20.2. The van der Waals surface area contributed by atoms with Crippen molar-refractivity contribution in [2.24, 2.45) is 0 Å². The topological polar surface area (TPSA) is 78.9 Å². The molecular formula is C63H114O6. The van der Waals surface area contributed by atoms with E-state index in [1.807, 2.05) is 0 Å². The van der Waals surface area contributed by atoms with Gasteiger partial charge in [0.05, 0.1) is 0 Å². The van der Waals surface area contributed by atoms with Crippen LogP contribution in [0.15, 0.2) is 48.6 Å². The Balaban J connectivity index is 4.37. The lowest BCUT2D eigenvalue weighted by Crippen LogP contribution is -2.30. The molecule has 0 bridgehead atoms. The van der Waals surface area contributed by atoms with Crippen LogP contribution in [0.25, 0.3) is 0 Å². The molecule has 69 heavy (non-hydrogen) atoms. The van der Waals surface area contributed by atoms with Crippen LogP contribution < -0.4 is 0 Å². The number of esters is 3. The molecule has 0 heterocycles. The molecular weight excluding hydrogens is 853 g/mol. The van der Waals surface area contributed by atoms with Crippen molar-refractivity contribution in [2.75, 3.05) is 13.2 Å². The van der Waals surface area contributed by atoms with Gasteiger partial charge in [-0.2, -0.15) is 0 Å². The Bertz CT molecular complexity index is 1200. The van der Waals surface area contributed by atoms with E-state index in [0.29, 0.717) is 19.3 Å². The normalized spacial score (nSPS) is 12.3. The Morgan fingerprint density at radius 1 is 0.290 bits per heavy atom. The highest BCUT2D eigenvalue weighted by atomic mass is 16.6. The van der Waals surface area contributed by atoms with Crippen LogP contribution in [0.2, 0.25) is 0 Å². The Kier molecular flexibility index (Phi) is 55.7. The molecule has 0 amide bonds. The highest BCUT2D eigenvalue weighted by Gasteiger charge is 2.19. The molecule has 0 fully saturated rings. The molecule has 0 rings (SSSR count). The van der Waals surface area contributed by atoms with Crippen LogP contribution in [-0.4, -0.2) is 37.2 Å². The molecule has 0 aromatic carbocycles. The number of unbranched alkanes of at least 4 members (excludes halogenated alkanes) is 36. The molecule has 1 atom stereocenters. The maximum Gasteiger partial charge on any atom is 0.306 e. The van der Waals surface area contributed by atoms with Crippen molar-refractivity contribution in [1.29, 1.82) is 0 Å². The van der Waals surface area contributed by atoms with Crippen LogP contribution in [-0.2, 0) is 28.6 Å². The van der Waals surface area contributed by atoms with Crippen molar-refractivity contribution in [2.45, 2.75) is 322 Å². The maximum absolute atomic E-state index is 12.9. The van der Waals surface area contributed by atoms with Crippen LogP contribution in [0, 0.1) is 0 Å². The lowest BCUT2D eigenvalue weighted by Gasteiger charge is -2.18. The van der Waals surface area contributed by atoms with E-state index in [9.17, 15) is 14.4 Å². The van der Waals surface area contributed by atoms with E-state index in [-0.39, 0.29) is 31.1 Å². The Morgan fingerprint density at radius 3 is 0.841 bits per heavy atom. The minimum absolute atomic E-state index is 0.0796. The number of carbonyl (C=O) groups is 3. The van der Waals surface area contributed by atoms with Gasteiger partial charge in [-0.15, -0.1) is 0 Å². The van der Waals surface area contributed by atoms with E-state index < -0.39 is 6.10 Å². The van der Waals surface area contributed by atoms with E-state index in [2.05, 4.69) is 69.4 Å². The molecule has 0 spiro atoms. The van der Waals surface area contributed by atoms with Crippen molar-refractivity contribution in [3.05, 3.63) is 48.6 Å². The van der Waals surface area contributed by atoms with Gasteiger partial charge in [0.2, 0.25) is 0 Å². The fourth-order valence-electron chi connectivity index (χ4n) is 8.70. The van der Waals surface area contributed by atoms with E-state index in [4.69, 9.17) is 14.2 Å². The fourth-order valence-corrected chi connectivity index (χ4v) is 8.70. The summed E-state index contributed by atoms with van der Waals surface area (Å²) in [5, 5.41) is 0. The molecule has 0 saturated carbocycles. The Labute approximate surface area is 428 Å². The van der Waals surface area contributed by atoms with Gasteiger partial charge in [0.25, 0.3) is 0 Å². The molecule has 0 saturated heterocycles. The highest BCUT2D eigenvalue weighted by Crippen LogP contribution is 2.16. The summed E-state index contributed by atoms with van der Waals surface area (Å²) in [5.74, 6) is -0.885. The maximum atomic E-state index is 12.9. The van der Waals surface area contributed by atoms with Crippen molar-refractivity contribution in [1.82, 2.24) is 0 Å². The van der Waals surface area contributed by atoms with Gasteiger partial charge in [-0.05, 0) is 103 Å². The number of hydrogen-bond acceptors (Lipinski definition) is 6. The summed E-state index contributed by atoms with van der Waals surface area (Å²) in [4.78, 5) is 38.2. The Hall–Kier alpha value is -2.63. The number of carbonyl (C=O) groups excluding carboxylic acids is 3. The second kappa shape index (κ2) is 57.9. The summed E-state index contributed by atoms with van der Waals surface area (Å²) in [5.41, 5.74) is 0. The summed E-state index contributed by atoms with van der Waals surface area (Å²) in [6.45, 7) is 6.63. The molecule has 0 radical (unpaired) electrons. The monoisotopic (exact) mass is 967 g/mol. The minimum Gasteiger partial charge on any atom is -0.462 e. The average molecular weight is 968 g/mol. The SMILES string of the molecule is CCCCC/C=C\C/C=C\CCCCCCCCCCCC(=O)OC[C@@H](COC(=O)CCCCCCC/C=C\CCCCCCCCC)OC(=O)CCCCCCC/C=C\CCCCCCCCC. The van der Waals surface area contributed by atoms with Gasteiger partial charge in [0.15, 0.2) is 6.10 Å². The first-order valence-electron chi connectivity index (χ1n) is 30.1. The van der Waals surface area contributed by atoms with E-state index in [0.717, 1.165) is 77.0 Å². The molecule has 6 heteroatoms. The van der Waals surface area contributed by atoms with Crippen LogP contribution >= 0.6 is 0 Å². The first-order chi connectivity index (χ1) is 34.0. The summed E-state index contributed by atoms with van der Waals surface area (Å²) in [7, 11) is 0. The molecule has 0 aliphatic rings. The largest absolute Gasteiger partial charge is 0.462 e. The molecule has 0 aromatic heterocycles. The van der Waals surface area contributed by atoms with Crippen LogP contribution in [0.4, 0.5) is 0 Å². The van der Waals surface area contributed by atoms with Gasteiger partial charge in [-0.3, -0.25) is 14.4 Å². The summed E-state index contributed by atoms with van der Waals surface area (Å²) < 4.78 is 16.9.